The van der Waals surface area contributed by atoms with Crippen LogP contribution in [0.4, 0.5) is 5.69 Å². The number of hydrogen-bond acceptors (Lipinski definition) is 5. The molecular weight excluding hydrogens is 308 g/mol. The van der Waals surface area contributed by atoms with Gasteiger partial charge in [-0.15, -0.1) is 0 Å². The van der Waals surface area contributed by atoms with Crippen molar-refractivity contribution in [2.24, 2.45) is 7.05 Å². The normalized spacial score (nSPS) is 11.8. The Balaban J connectivity index is 2.42. The van der Waals surface area contributed by atoms with Gasteiger partial charge in [0.15, 0.2) is 4.90 Å². The van der Waals surface area contributed by atoms with Crippen molar-refractivity contribution >= 4 is 15.7 Å². The van der Waals surface area contributed by atoms with Gasteiger partial charge in [-0.05, 0) is 18.6 Å². The van der Waals surface area contributed by atoms with E-state index in [4.69, 9.17) is 0 Å². The Bertz CT molecular complexity index is 813. The highest BCUT2D eigenvalue weighted by Gasteiger charge is 2.30. The number of aromatic nitrogens is 2. The van der Waals surface area contributed by atoms with Crippen LogP contribution in [0.15, 0.2) is 35.5 Å². The minimum atomic E-state index is -3.99. The monoisotopic (exact) mass is 324 g/mol. The number of sulfonamides is 1. The number of rotatable bonds is 5. The second-order valence-corrected chi connectivity index (χ2v) is 6.96. The Labute approximate surface area is 128 Å². The average molecular weight is 324 g/mol. The molecule has 0 radical (unpaired) electrons. The molecule has 0 fully saturated rings. The van der Waals surface area contributed by atoms with Crippen LogP contribution in [-0.4, -0.2) is 34.2 Å². The zero-order valence-corrected chi connectivity index (χ0v) is 13.2. The third kappa shape index (κ3) is 3.00. The van der Waals surface area contributed by atoms with E-state index in [1.807, 2.05) is 0 Å². The number of benzene rings is 1. The lowest BCUT2D eigenvalue weighted by Gasteiger charge is -2.17. The van der Waals surface area contributed by atoms with Gasteiger partial charge in [0.05, 0.1) is 11.5 Å². The van der Waals surface area contributed by atoms with E-state index >= 15 is 0 Å². The summed E-state index contributed by atoms with van der Waals surface area (Å²) in [5, 5.41) is 11.1. The van der Waals surface area contributed by atoms with Crippen LogP contribution in [-0.2, 0) is 23.6 Å². The number of nitro groups is 1. The highest BCUT2D eigenvalue weighted by atomic mass is 32.2. The summed E-state index contributed by atoms with van der Waals surface area (Å²) in [5.74, 6) is 0.542. The average Bonchev–Trinajstić information content (AvgIpc) is 2.83. The Morgan fingerprint density at radius 1 is 1.41 bits per heavy atom. The van der Waals surface area contributed by atoms with E-state index in [1.165, 1.54) is 25.2 Å². The van der Waals surface area contributed by atoms with Gasteiger partial charge in [0.1, 0.15) is 5.82 Å². The van der Waals surface area contributed by atoms with E-state index in [0.29, 0.717) is 11.4 Å². The maximum absolute atomic E-state index is 12.6. The van der Waals surface area contributed by atoms with Gasteiger partial charge >= 0.3 is 0 Å². The molecule has 1 aromatic carbocycles. The molecule has 0 unspecified atom stereocenters. The van der Waals surface area contributed by atoms with E-state index < -0.39 is 20.6 Å². The van der Waals surface area contributed by atoms with Gasteiger partial charge in [-0.2, -0.15) is 4.31 Å². The van der Waals surface area contributed by atoms with Crippen molar-refractivity contribution in [1.82, 2.24) is 13.9 Å². The first kappa shape index (κ1) is 16.1. The van der Waals surface area contributed by atoms with Crippen LogP contribution in [0.25, 0.3) is 0 Å². The summed E-state index contributed by atoms with van der Waals surface area (Å²) in [6.07, 6.45) is 3.26. The van der Waals surface area contributed by atoms with E-state index in [0.717, 1.165) is 4.31 Å². The standard InChI is InChI=1S/C13H16N4O4S/c1-10-4-5-12(11(8-10)17(18)19)22(20,21)16(3)9-13-14-6-7-15(13)2/h4-8H,9H2,1-3H3. The van der Waals surface area contributed by atoms with Crippen LogP contribution >= 0.6 is 0 Å². The lowest BCUT2D eigenvalue weighted by atomic mass is 10.2. The highest BCUT2D eigenvalue weighted by Crippen LogP contribution is 2.27. The molecule has 0 atom stereocenters. The van der Waals surface area contributed by atoms with Gasteiger partial charge in [0.25, 0.3) is 5.69 Å². The molecule has 0 saturated heterocycles. The number of nitrogens with zero attached hydrogens (tertiary/aromatic N) is 4. The van der Waals surface area contributed by atoms with Gasteiger partial charge in [-0.3, -0.25) is 10.1 Å². The van der Waals surface area contributed by atoms with Crippen LogP contribution in [0, 0.1) is 17.0 Å². The first-order valence-electron chi connectivity index (χ1n) is 6.41. The van der Waals surface area contributed by atoms with Crippen molar-refractivity contribution in [2.45, 2.75) is 18.4 Å². The SMILES string of the molecule is Cc1ccc(S(=O)(=O)N(C)Cc2nccn2C)c([N+](=O)[O-])c1. The van der Waals surface area contributed by atoms with Crippen molar-refractivity contribution in [2.75, 3.05) is 7.05 Å². The Morgan fingerprint density at radius 2 is 2.09 bits per heavy atom. The third-order valence-electron chi connectivity index (χ3n) is 3.28. The van der Waals surface area contributed by atoms with Crippen molar-refractivity contribution < 1.29 is 13.3 Å². The molecule has 1 aromatic heterocycles. The maximum Gasteiger partial charge on any atom is 0.289 e. The van der Waals surface area contributed by atoms with Crippen LogP contribution in [0.5, 0.6) is 0 Å². The summed E-state index contributed by atoms with van der Waals surface area (Å²) in [6, 6.07) is 4.05. The second kappa shape index (κ2) is 5.85. The van der Waals surface area contributed by atoms with Gasteiger partial charge in [0.2, 0.25) is 10.0 Å². The van der Waals surface area contributed by atoms with Crippen LogP contribution < -0.4 is 0 Å². The van der Waals surface area contributed by atoms with E-state index in [9.17, 15) is 18.5 Å². The van der Waals surface area contributed by atoms with Gasteiger partial charge in [-0.25, -0.2) is 13.4 Å². The molecule has 2 rings (SSSR count). The quantitative estimate of drug-likeness (QED) is 0.612. The fourth-order valence-electron chi connectivity index (χ4n) is 1.99. The molecule has 0 bridgehead atoms. The molecule has 0 aliphatic carbocycles. The molecule has 0 amide bonds. The molecule has 22 heavy (non-hydrogen) atoms. The van der Waals surface area contributed by atoms with Crippen molar-refractivity contribution in [3.8, 4) is 0 Å². The van der Waals surface area contributed by atoms with Crippen molar-refractivity contribution in [1.29, 1.82) is 0 Å². The molecule has 0 saturated carbocycles. The fourth-order valence-corrected chi connectivity index (χ4v) is 3.25. The lowest BCUT2D eigenvalue weighted by molar-refractivity contribution is -0.387. The number of aryl methyl sites for hydroxylation is 2. The third-order valence-corrected chi connectivity index (χ3v) is 5.14. The molecule has 1 heterocycles. The maximum atomic E-state index is 12.6. The molecule has 2 aromatic rings. The topological polar surface area (TPSA) is 98.3 Å². The second-order valence-electron chi connectivity index (χ2n) is 4.94. The Morgan fingerprint density at radius 3 is 2.64 bits per heavy atom. The van der Waals surface area contributed by atoms with E-state index in [-0.39, 0.29) is 11.4 Å². The minimum absolute atomic E-state index is 0.0247. The summed E-state index contributed by atoms with van der Waals surface area (Å²) in [7, 11) is -0.870. The summed E-state index contributed by atoms with van der Waals surface area (Å²) in [4.78, 5) is 14.2. The molecular formula is C13H16N4O4S. The summed E-state index contributed by atoms with van der Waals surface area (Å²) >= 11 is 0. The minimum Gasteiger partial charge on any atom is -0.337 e. The molecule has 118 valence electrons. The van der Waals surface area contributed by atoms with Gasteiger partial charge in [-0.1, -0.05) is 6.07 Å². The Kier molecular flexibility index (Phi) is 4.29. The van der Waals surface area contributed by atoms with Crippen molar-refractivity contribution in [3.05, 3.63) is 52.1 Å². The molecule has 0 N–H and O–H groups in total. The molecule has 0 spiro atoms. The van der Waals surface area contributed by atoms with Crippen LogP contribution in [0.2, 0.25) is 0 Å². The van der Waals surface area contributed by atoms with E-state index in [2.05, 4.69) is 4.98 Å². The molecule has 0 aliphatic heterocycles. The van der Waals surface area contributed by atoms with E-state index in [1.54, 1.807) is 30.9 Å². The van der Waals surface area contributed by atoms with Gasteiger partial charge in [0, 0.05) is 32.6 Å². The van der Waals surface area contributed by atoms with Gasteiger partial charge < -0.3 is 4.57 Å². The molecule has 0 aliphatic rings. The predicted octanol–water partition coefficient (Wildman–Crippen LogP) is 1.46. The Hall–Kier alpha value is -2.26. The first-order valence-corrected chi connectivity index (χ1v) is 7.85. The fraction of sp³-hybridized carbons (Fsp3) is 0.308. The number of hydrogen-bond donors (Lipinski definition) is 0. The summed E-state index contributed by atoms with van der Waals surface area (Å²) < 4.78 is 27.9. The smallest absolute Gasteiger partial charge is 0.289 e. The van der Waals surface area contributed by atoms with Crippen LogP contribution in [0.1, 0.15) is 11.4 Å². The lowest BCUT2D eigenvalue weighted by Crippen LogP contribution is -2.28. The molecule has 8 nitrogen and oxygen atoms in total. The number of nitro benzene ring substituents is 1. The first-order chi connectivity index (χ1) is 10.2. The summed E-state index contributed by atoms with van der Waals surface area (Å²) in [5.41, 5.74) is 0.198. The summed E-state index contributed by atoms with van der Waals surface area (Å²) in [6.45, 7) is 1.69. The predicted molar refractivity (Wildman–Crippen MR) is 79.7 cm³/mol. The number of imidazole rings is 1. The van der Waals surface area contributed by atoms with Crippen LogP contribution in [0.3, 0.4) is 0 Å². The largest absolute Gasteiger partial charge is 0.337 e. The van der Waals surface area contributed by atoms with Crippen molar-refractivity contribution in [3.63, 3.8) is 0 Å². The molecule has 9 heteroatoms. The zero-order valence-electron chi connectivity index (χ0n) is 12.4. The highest BCUT2D eigenvalue weighted by molar-refractivity contribution is 7.89. The zero-order chi connectivity index (χ0) is 16.5.